The lowest BCUT2D eigenvalue weighted by molar-refractivity contribution is -0.446. The number of rotatable bonds is 13. The Kier molecular flexibility index (Phi) is 12.3. The molecule has 3 fully saturated rings. The molecule has 286 valence electrons. The molecule has 0 N–H and O–H groups in total. The number of esters is 1. The summed E-state index contributed by atoms with van der Waals surface area (Å²) in [5.74, 6) is -0.557. The molecule has 2 heterocycles. The molecule has 10 heteroatoms. The van der Waals surface area contributed by atoms with Crippen molar-refractivity contribution >= 4 is 33.3 Å². The summed E-state index contributed by atoms with van der Waals surface area (Å²) in [7, 11) is -4.87. The van der Waals surface area contributed by atoms with E-state index >= 15 is 0 Å². The summed E-state index contributed by atoms with van der Waals surface area (Å²) in [5, 5.41) is 2.58. The monoisotopic (exact) mass is 757 g/mol. The van der Waals surface area contributed by atoms with Crippen molar-refractivity contribution in [3.05, 3.63) is 102 Å². The van der Waals surface area contributed by atoms with Crippen LogP contribution in [0.2, 0.25) is 31.2 Å². The lowest BCUT2D eigenvalue weighted by Gasteiger charge is -2.43. The molecule has 8 nitrogen and oxygen atoms in total. The molecule has 1 saturated carbocycles. The second-order valence-electron chi connectivity index (χ2n) is 17.1. The quantitative estimate of drug-likeness (QED) is 0.127. The van der Waals surface area contributed by atoms with Crippen LogP contribution in [0, 0.1) is 11.8 Å². The molecule has 2 aliphatic heterocycles. The maximum Gasteiger partial charge on any atom is 0.338 e. The van der Waals surface area contributed by atoms with Crippen LogP contribution in [0.5, 0.6) is 0 Å². The first-order valence-electron chi connectivity index (χ1n) is 19.5. The highest BCUT2D eigenvalue weighted by Crippen LogP contribution is 2.46. The smallest absolute Gasteiger partial charge is 0.338 e. The molecule has 3 aromatic carbocycles. The third-order valence-electron chi connectivity index (χ3n) is 12.9. The summed E-state index contributed by atoms with van der Waals surface area (Å²) in [6, 6.07) is 29.2. The Morgan fingerprint density at radius 3 is 2.08 bits per heavy atom. The second-order valence-corrected chi connectivity index (χ2v) is 26.3. The van der Waals surface area contributed by atoms with Crippen LogP contribution in [0.4, 0.5) is 0 Å². The topological polar surface area (TPSA) is 83.5 Å². The summed E-state index contributed by atoms with van der Waals surface area (Å²) >= 11 is 0. The van der Waals surface area contributed by atoms with Crippen LogP contribution < -0.4 is 5.19 Å². The van der Waals surface area contributed by atoms with Gasteiger partial charge in [-0.05, 0) is 54.6 Å². The van der Waals surface area contributed by atoms with Gasteiger partial charge in [0.05, 0.1) is 29.9 Å². The van der Waals surface area contributed by atoms with Crippen LogP contribution in [0.1, 0.15) is 81.6 Å². The van der Waals surface area contributed by atoms with E-state index in [4.69, 9.17) is 23.6 Å². The number of hydrogen-bond acceptors (Lipinski definition) is 8. The van der Waals surface area contributed by atoms with E-state index < -0.39 is 52.4 Å². The predicted octanol–water partition coefficient (Wildman–Crippen LogP) is 8.60. The zero-order chi connectivity index (χ0) is 38.0. The number of carbonyl (C=O) groups is 2. The van der Waals surface area contributed by atoms with Gasteiger partial charge >= 0.3 is 5.97 Å². The largest absolute Gasteiger partial charge is 0.457 e. The summed E-state index contributed by atoms with van der Waals surface area (Å²) in [4.78, 5) is 42.1. The molecule has 0 spiro atoms. The Labute approximate surface area is 318 Å². The summed E-state index contributed by atoms with van der Waals surface area (Å²) in [5.41, 5.74) is 1.20. The fourth-order valence-electron chi connectivity index (χ4n) is 8.22. The van der Waals surface area contributed by atoms with E-state index in [0.29, 0.717) is 11.5 Å². The SMILES string of the molecule is CC(C)C(C)(C)[Si](C)(C)OCC(=O)[C@@H]1[C@H]2[C@H](OC(=O)c3ccccc3)C[C@H](O[C@H]3CCCC[C@@H]3c3ccccc3)ON2O[C@@H]1[Si](C)(C)c1ccccc1. The van der Waals surface area contributed by atoms with Gasteiger partial charge in [-0.1, -0.05) is 143 Å². The molecule has 0 unspecified atom stereocenters. The zero-order valence-corrected chi connectivity index (χ0v) is 34.8. The minimum atomic E-state index is -2.53. The van der Waals surface area contributed by atoms with Gasteiger partial charge < -0.3 is 13.9 Å². The number of benzene rings is 3. The van der Waals surface area contributed by atoms with Gasteiger partial charge in [-0.2, -0.15) is 0 Å². The maximum absolute atomic E-state index is 14.8. The Bertz CT molecular complexity index is 1670. The highest BCUT2D eigenvalue weighted by molar-refractivity contribution is 6.91. The minimum absolute atomic E-state index is 0.0381. The average molecular weight is 758 g/mol. The van der Waals surface area contributed by atoms with Gasteiger partial charge in [0.1, 0.15) is 20.2 Å². The van der Waals surface area contributed by atoms with Crippen molar-refractivity contribution in [2.24, 2.45) is 11.8 Å². The van der Waals surface area contributed by atoms with E-state index in [-0.39, 0.29) is 35.9 Å². The van der Waals surface area contributed by atoms with Crippen molar-refractivity contribution in [2.45, 2.75) is 127 Å². The van der Waals surface area contributed by atoms with Gasteiger partial charge in [-0.25, -0.2) is 9.63 Å². The predicted molar refractivity (Wildman–Crippen MR) is 213 cm³/mol. The highest BCUT2D eigenvalue weighted by atomic mass is 28.4. The maximum atomic E-state index is 14.8. The number of fused-ring (bicyclic) bond motifs is 1. The van der Waals surface area contributed by atoms with Crippen LogP contribution in [-0.2, 0) is 28.4 Å². The van der Waals surface area contributed by atoms with E-state index in [2.05, 4.69) is 90.3 Å². The van der Waals surface area contributed by atoms with E-state index in [1.165, 1.54) is 10.8 Å². The summed E-state index contributed by atoms with van der Waals surface area (Å²) < 4.78 is 20.0. The molecular formula is C43H59NO7Si2. The van der Waals surface area contributed by atoms with Crippen molar-refractivity contribution in [1.29, 1.82) is 0 Å². The Balaban J connectivity index is 1.34. The molecule has 2 saturated heterocycles. The van der Waals surface area contributed by atoms with E-state index in [9.17, 15) is 9.59 Å². The number of Topliss-reactive ketones (excluding diaryl/α,β-unsaturated/α-hetero) is 1. The molecule has 0 aromatic heterocycles. The van der Waals surface area contributed by atoms with Gasteiger partial charge in [0.15, 0.2) is 20.4 Å². The number of ether oxygens (including phenoxy) is 2. The van der Waals surface area contributed by atoms with E-state index in [0.717, 1.165) is 30.9 Å². The first kappa shape index (κ1) is 39.7. The van der Waals surface area contributed by atoms with Crippen LogP contribution in [0.3, 0.4) is 0 Å². The average Bonchev–Trinajstić information content (AvgIpc) is 3.56. The number of ketones is 1. The van der Waals surface area contributed by atoms with Crippen LogP contribution in [0.25, 0.3) is 0 Å². The Morgan fingerprint density at radius 2 is 1.43 bits per heavy atom. The molecule has 1 aliphatic carbocycles. The van der Waals surface area contributed by atoms with Gasteiger partial charge in [0, 0.05) is 12.3 Å². The number of nitrogens with zero attached hydrogens (tertiary/aromatic N) is 1. The van der Waals surface area contributed by atoms with E-state index in [1.54, 1.807) is 12.1 Å². The third-order valence-corrected chi connectivity index (χ3v) is 21.1. The van der Waals surface area contributed by atoms with Gasteiger partial charge in [0.2, 0.25) is 0 Å². The second kappa shape index (κ2) is 16.4. The third kappa shape index (κ3) is 8.49. The molecule has 0 radical (unpaired) electrons. The van der Waals surface area contributed by atoms with Gasteiger partial charge in [-0.3, -0.25) is 9.63 Å². The fraction of sp³-hybridized carbons (Fsp3) is 0.535. The molecule has 53 heavy (non-hydrogen) atoms. The van der Waals surface area contributed by atoms with Crippen LogP contribution >= 0.6 is 0 Å². The highest BCUT2D eigenvalue weighted by Gasteiger charge is 2.61. The summed E-state index contributed by atoms with van der Waals surface area (Å²) in [6.45, 7) is 17.7. The molecule has 6 rings (SSSR count). The van der Waals surface area contributed by atoms with Crippen molar-refractivity contribution < 1.29 is 33.2 Å². The standard InChI is InChI=1S/C43H59NO7Si2/c1-30(2)43(3,4)53(7,8)47-29-35(45)39-40-37(49-41(46)32-22-14-10-15-23-32)28-38(48-36-27-19-18-26-34(36)31-20-12-9-13-21-31)50-44(40)51-42(39)52(5,6)33-24-16-11-17-25-33/h9-17,20-25,30,34,36-40,42H,18-19,26-29H2,1-8H3/t34-,36+,37-,38-,39-,40-,42-/m1/s1. The van der Waals surface area contributed by atoms with Crippen LogP contribution in [-0.4, -0.2) is 70.2 Å². The number of carbonyl (C=O) groups excluding carboxylic acids is 2. The fourth-order valence-corrected chi connectivity index (χ4v) is 13.5. The van der Waals surface area contributed by atoms with Crippen LogP contribution in [0.15, 0.2) is 91.0 Å². The molecule has 0 bridgehead atoms. The van der Waals surface area contributed by atoms with Crippen molar-refractivity contribution in [1.82, 2.24) is 5.23 Å². The molecule has 0 amide bonds. The van der Waals surface area contributed by atoms with E-state index in [1.807, 2.05) is 42.5 Å². The van der Waals surface area contributed by atoms with Gasteiger partial charge in [0.25, 0.3) is 0 Å². The first-order valence-corrected chi connectivity index (χ1v) is 25.5. The molecule has 3 aromatic rings. The minimum Gasteiger partial charge on any atom is -0.457 e. The van der Waals surface area contributed by atoms with Gasteiger partial charge in [-0.15, -0.1) is 0 Å². The normalized spacial score (nSPS) is 27.0. The summed E-state index contributed by atoms with van der Waals surface area (Å²) in [6.07, 6.45) is 2.86. The Morgan fingerprint density at radius 1 is 0.830 bits per heavy atom. The lowest BCUT2D eigenvalue weighted by Crippen LogP contribution is -2.59. The van der Waals surface area contributed by atoms with Crippen molar-refractivity contribution in [3.63, 3.8) is 0 Å². The molecule has 3 aliphatic rings. The zero-order valence-electron chi connectivity index (χ0n) is 32.8. The molecular weight excluding hydrogens is 699 g/mol. The Hall–Kier alpha value is -2.97. The van der Waals surface area contributed by atoms with Crippen molar-refractivity contribution in [2.75, 3.05) is 6.61 Å². The first-order chi connectivity index (χ1) is 25.2. The lowest BCUT2D eigenvalue weighted by atomic mass is 9.81. The number of hydroxylamine groups is 2. The molecule has 7 atom stereocenters. The van der Waals surface area contributed by atoms with Crippen molar-refractivity contribution in [3.8, 4) is 0 Å². The number of hydrogen-bond donors (Lipinski definition) is 0.